The van der Waals surface area contributed by atoms with E-state index in [1.165, 1.54) is 12.1 Å². The van der Waals surface area contributed by atoms with Crippen molar-refractivity contribution in [2.24, 2.45) is 5.92 Å². The predicted molar refractivity (Wildman–Crippen MR) is 87.6 cm³/mol. The minimum absolute atomic E-state index is 0.185. The molecule has 2 rings (SSSR count). The van der Waals surface area contributed by atoms with Crippen LogP contribution in [-0.2, 0) is 14.8 Å². The summed E-state index contributed by atoms with van der Waals surface area (Å²) in [6, 6.07) is 6.27. The second kappa shape index (κ2) is 7.44. The maximum absolute atomic E-state index is 12.6. The average Bonchev–Trinajstić information content (AvgIpc) is 2.48. The van der Waals surface area contributed by atoms with Crippen LogP contribution >= 0.6 is 11.6 Å². The lowest BCUT2D eigenvalue weighted by Gasteiger charge is -2.30. The molecule has 5 nitrogen and oxygen atoms in total. The van der Waals surface area contributed by atoms with Crippen molar-refractivity contribution in [1.82, 2.24) is 4.31 Å². The SMILES string of the molecule is C[C@H]1CCCN(S(=O)(=O)c2ccc(NC(=O)CCCl)cc2)C1. The summed E-state index contributed by atoms with van der Waals surface area (Å²) in [5.41, 5.74) is 0.570. The third-order valence-electron chi connectivity index (χ3n) is 3.72. The Hall–Kier alpha value is -1.11. The average molecular weight is 345 g/mol. The maximum Gasteiger partial charge on any atom is 0.243 e. The lowest BCUT2D eigenvalue weighted by molar-refractivity contribution is -0.115. The van der Waals surface area contributed by atoms with Crippen LogP contribution < -0.4 is 5.32 Å². The van der Waals surface area contributed by atoms with Gasteiger partial charge in [-0.3, -0.25) is 4.79 Å². The monoisotopic (exact) mass is 344 g/mol. The summed E-state index contributed by atoms with van der Waals surface area (Å²) >= 11 is 5.50. The molecule has 0 aromatic heterocycles. The zero-order valence-corrected chi connectivity index (χ0v) is 14.2. The van der Waals surface area contributed by atoms with Crippen molar-refractivity contribution < 1.29 is 13.2 Å². The van der Waals surface area contributed by atoms with Crippen molar-refractivity contribution >= 4 is 33.2 Å². The van der Waals surface area contributed by atoms with Crippen LogP contribution in [0.3, 0.4) is 0 Å². The molecule has 122 valence electrons. The van der Waals surface area contributed by atoms with Gasteiger partial charge >= 0.3 is 0 Å². The Morgan fingerprint density at radius 3 is 2.64 bits per heavy atom. The van der Waals surface area contributed by atoms with E-state index >= 15 is 0 Å². The number of hydrogen-bond donors (Lipinski definition) is 1. The normalized spacial score (nSPS) is 19.8. The number of amides is 1. The van der Waals surface area contributed by atoms with Crippen molar-refractivity contribution in [3.63, 3.8) is 0 Å². The number of alkyl halides is 1. The van der Waals surface area contributed by atoms with Gasteiger partial charge in [0, 0.05) is 31.1 Å². The van der Waals surface area contributed by atoms with Gasteiger partial charge in [-0.2, -0.15) is 4.31 Å². The van der Waals surface area contributed by atoms with E-state index in [4.69, 9.17) is 11.6 Å². The highest BCUT2D eigenvalue weighted by Crippen LogP contribution is 2.24. The Balaban J connectivity index is 2.10. The number of nitrogens with zero attached hydrogens (tertiary/aromatic N) is 1. The van der Waals surface area contributed by atoms with Gasteiger partial charge in [-0.05, 0) is 43.0 Å². The van der Waals surface area contributed by atoms with Crippen LogP contribution in [0.1, 0.15) is 26.2 Å². The maximum atomic E-state index is 12.6. The topological polar surface area (TPSA) is 66.5 Å². The highest BCUT2D eigenvalue weighted by Gasteiger charge is 2.28. The number of rotatable bonds is 5. The van der Waals surface area contributed by atoms with Crippen LogP contribution in [0.15, 0.2) is 29.2 Å². The Morgan fingerprint density at radius 1 is 1.36 bits per heavy atom. The molecule has 0 aliphatic carbocycles. The third kappa shape index (κ3) is 4.21. The van der Waals surface area contributed by atoms with Crippen molar-refractivity contribution in [2.45, 2.75) is 31.1 Å². The van der Waals surface area contributed by atoms with E-state index in [-0.39, 0.29) is 23.1 Å². The van der Waals surface area contributed by atoms with Crippen molar-refractivity contribution in [3.05, 3.63) is 24.3 Å². The van der Waals surface area contributed by atoms with E-state index in [9.17, 15) is 13.2 Å². The Labute approximate surface area is 136 Å². The van der Waals surface area contributed by atoms with E-state index in [2.05, 4.69) is 12.2 Å². The lowest BCUT2D eigenvalue weighted by atomic mass is 10.0. The van der Waals surface area contributed by atoms with Gasteiger partial charge in [0.1, 0.15) is 0 Å². The fourth-order valence-electron chi connectivity index (χ4n) is 2.53. The fourth-order valence-corrected chi connectivity index (χ4v) is 4.30. The van der Waals surface area contributed by atoms with Gasteiger partial charge in [-0.15, -0.1) is 11.6 Å². The van der Waals surface area contributed by atoms with Gasteiger partial charge < -0.3 is 5.32 Å². The standard InChI is InChI=1S/C15H21ClN2O3S/c1-12-3-2-10-18(11-12)22(20,21)14-6-4-13(5-7-14)17-15(19)8-9-16/h4-7,12H,2-3,8-11H2,1H3,(H,17,19)/t12-/m0/s1. The van der Waals surface area contributed by atoms with Gasteiger partial charge in [0.15, 0.2) is 0 Å². The molecule has 0 unspecified atom stereocenters. The quantitative estimate of drug-likeness (QED) is 0.835. The third-order valence-corrected chi connectivity index (χ3v) is 5.79. The fraction of sp³-hybridized carbons (Fsp3) is 0.533. The van der Waals surface area contributed by atoms with Gasteiger partial charge in [-0.1, -0.05) is 6.92 Å². The first-order valence-electron chi connectivity index (χ1n) is 7.39. The van der Waals surface area contributed by atoms with E-state index in [0.717, 1.165) is 12.8 Å². The molecular weight excluding hydrogens is 324 g/mol. The summed E-state index contributed by atoms with van der Waals surface area (Å²) in [5.74, 6) is 0.457. The summed E-state index contributed by atoms with van der Waals surface area (Å²) < 4.78 is 26.7. The molecule has 0 bridgehead atoms. The van der Waals surface area contributed by atoms with Crippen LogP contribution in [0.4, 0.5) is 5.69 Å². The van der Waals surface area contributed by atoms with Gasteiger partial charge in [-0.25, -0.2) is 8.42 Å². The van der Waals surface area contributed by atoms with Crippen LogP contribution in [0.5, 0.6) is 0 Å². The first kappa shape index (κ1) is 17.2. The minimum atomic E-state index is -3.45. The molecule has 1 aliphatic heterocycles. The lowest BCUT2D eigenvalue weighted by Crippen LogP contribution is -2.39. The molecule has 0 saturated carbocycles. The highest BCUT2D eigenvalue weighted by atomic mass is 35.5. The highest BCUT2D eigenvalue weighted by molar-refractivity contribution is 7.89. The van der Waals surface area contributed by atoms with E-state index < -0.39 is 10.0 Å². The first-order valence-corrected chi connectivity index (χ1v) is 9.37. The molecule has 0 radical (unpaired) electrons. The van der Waals surface area contributed by atoms with Crippen LogP contribution in [0.25, 0.3) is 0 Å². The van der Waals surface area contributed by atoms with Gasteiger partial charge in [0.2, 0.25) is 15.9 Å². The second-order valence-corrected chi connectivity index (χ2v) is 7.94. The molecule has 1 fully saturated rings. The number of piperidine rings is 1. The van der Waals surface area contributed by atoms with Crippen molar-refractivity contribution in [3.8, 4) is 0 Å². The van der Waals surface area contributed by atoms with Gasteiger partial charge in [0.05, 0.1) is 4.90 Å². The van der Waals surface area contributed by atoms with Crippen LogP contribution in [-0.4, -0.2) is 37.6 Å². The Bertz CT molecular complexity index is 616. The number of benzene rings is 1. The van der Waals surface area contributed by atoms with Crippen molar-refractivity contribution in [2.75, 3.05) is 24.3 Å². The molecule has 1 N–H and O–H groups in total. The molecule has 0 spiro atoms. The zero-order chi connectivity index (χ0) is 16.2. The number of nitrogens with one attached hydrogen (secondary N) is 1. The zero-order valence-electron chi connectivity index (χ0n) is 12.6. The molecule has 7 heteroatoms. The Kier molecular flexibility index (Phi) is 5.83. The van der Waals surface area contributed by atoms with E-state index in [1.807, 2.05) is 0 Å². The number of carbonyl (C=O) groups is 1. The molecule has 1 aliphatic rings. The minimum Gasteiger partial charge on any atom is -0.326 e. The Morgan fingerprint density at radius 2 is 2.05 bits per heavy atom. The second-order valence-electron chi connectivity index (χ2n) is 5.62. The number of carbonyl (C=O) groups excluding carboxylic acids is 1. The number of halogens is 1. The molecule has 1 amide bonds. The largest absolute Gasteiger partial charge is 0.326 e. The number of hydrogen-bond acceptors (Lipinski definition) is 3. The summed E-state index contributed by atoms with van der Waals surface area (Å²) in [7, 11) is -3.45. The number of anilines is 1. The summed E-state index contributed by atoms with van der Waals surface area (Å²) in [6.45, 7) is 3.20. The molecule has 22 heavy (non-hydrogen) atoms. The summed E-state index contributed by atoms with van der Waals surface area (Å²) in [6.07, 6.45) is 2.19. The van der Waals surface area contributed by atoms with Crippen LogP contribution in [0.2, 0.25) is 0 Å². The molecule has 1 aromatic rings. The smallest absolute Gasteiger partial charge is 0.243 e. The molecule has 1 saturated heterocycles. The first-order chi connectivity index (χ1) is 10.4. The molecule has 1 heterocycles. The molecule has 1 atom stereocenters. The van der Waals surface area contributed by atoms with E-state index in [0.29, 0.717) is 24.7 Å². The van der Waals surface area contributed by atoms with Crippen LogP contribution in [0, 0.1) is 5.92 Å². The van der Waals surface area contributed by atoms with E-state index in [1.54, 1.807) is 16.4 Å². The summed E-state index contributed by atoms with van der Waals surface area (Å²) in [5, 5.41) is 2.68. The van der Waals surface area contributed by atoms with Gasteiger partial charge in [0.25, 0.3) is 0 Å². The molecule has 1 aromatic carbocycles. The predicted octanol–water partition coefficient (Wildman–Crippen LogP) is 2.67. The number of sulfonamides is 1. The van der Waals surface area contributed by atoms with Crippen molar-refractivity contribution in [1.29, 1.82) is 0 Å². The summed E-state index contributed by atoms with van der Waals surface area (Å²) in [4.78, 5) is 11.7. The molecular formula is C15H21ClN2O3S.